The van der Waals surface area contributed by atoms with E-state index < -0.39 is 0 Å². The van der Waals surface area contributed by atoms with Gasteiger partial charge in [0, 0.05) is 12.5 Å². The second kappa shape index (κ2) is 3.32. The number of hydrogen-bond acceptors (Lipinski definition) is 1. The summed E-state index contributed by atoms with van der Waals surface area (Å²) in [4.78, 5) is 11.5. The van der Waals surface area contributed by atoms with Crippen LogP contribution >= 0.6 is 0 Å². The van der Waals surface area contributed by atoms with Crippen molar-refractivity contribution in [3.8, 4) is 0 Å². The number of hydrogen-bond donors (Lipinski definition) is 1. The molecule has 1 N–H and O–H groups in total. The first-order chi connectivity index (χ1) is 6.16. The van der Waals surface area contributed by atoms with Crippen LogP contribution in [0.1, 0.15) is 39.5 Å². The molecule has 0 bridgehead atoms. The third kappa shape index (κ3) is 2.04. The summed E-state index contributed by atoms with van der Waals surface area (Å²) in [6.07, 6.45) is 4.62. The Morgan fingerprint density at radius 2 is 2.23 bits per heavy atom. The molecule has 0 spiro atoms. The molecule has 74 valence electrons. The van der Waals surface area contributed by atoms with E-state index in [1.165, 1.54) is 19.3 Å². The van der Waals surface area contributed by atoms with Crippen LogP contribution < -0.4 is 5.32 Å². The van der Waals surface area contributed by atoms with Crippen molar-refractivity contribution in [3.63, 3.8) is 0 Å². The fourth-order valence-electron chi connectivity index (χ4n) is 2.52. The molecule has 2 fully saturated rings. The van der Waals surface area contributed by atoms with E-state index in [0.29, 0.717) is 18.4 Å². The van der Waals surface area contributed by atoms with Crippen molar-refractivity contribution in [2.24, 2.45) is 17.8 Å². The molecule has 2 aliphatic carbocycles. The molecule has 0 aromatic heterocycles. The van der Waals surface area contributed by atoms with Crippen LogP contribution in [0, 0.1) is 17.8 Å². The Kier molecular flexibility index (Phi) is 2.31. The maximum atomic E-state index is 11.5. The van der Waals surface area contributed by atoms with E-state index in [0.717, 1.165) is 11.8 Å². The third-order valence-corrected chi connectivity index (χ3v) is 3.28. The van der Waals surface area contributed by atoms with Gasteiger partial charge in [0.1, 0.15) is 0 Å². The highest BCUT2D eigenvalue weighted by Gasteiger charge is 2.48. The predicted octanol–water partition coefficient (Wildman–Crippen LogP) is 1.95. The van der Waals surface area contributed by atoms with Crippen molar-refractivity contribution >= 4 is 5.91 Å². The zero-order valence-corrected chi connectivity index (χ0v) is 8.55. The first-order valence-corrected chi connectivity index (χ1v) is 5.46. The Morgan fingerprint density at radius 3 is 2.69 bits per heavy atom. The van der Waals surface area contributed by atoms with Crippen LogP contribution in [0.3, 0.4) is 0 Å². The maximum absolute atomic E-state index is 11.5. The van der Waals surface area contributed by atoms with E-state index in [-0.39, 0.29) is 5.91 Å². The maximum Gasteiger partial charge on any atom is 0.220 e. The quantitative estimate of drug-likeness (QED) is 0.708. The summed E-state index contributed by atoms with van der Waals surface area (Å²) in [5.41, 5.74) is 0. The average molecular weight is 181 g/mol. The van der Waals surface area contributed by atoms with E-state index in [9.17, 15) is 4.79 Å². The second-order valence-corrected chi connectivity index (χ2v) is 5.01. The lowest BCUT2D eigenvalue weighted by atomic mass is 10.1. The van der Waals surface area contributed by atoms with Gasteiger partial charge in [0.25, 0.3) is 0 Å². The van der Waals surface area contributed by atoms with Crippen molar-refractivity contribution in [3.05, 3.63) is 0 Å². The molecule has 2 heteroatoms. The van der Waals surface area contributed by atoms with Gasteiger partial charge in [-0.1, -0.05) is 13.8 Å². The molecule has 2 aliphatic rings. The monoisotopic (exact) mass is 181 g/mol. The second-order valence-electron chi connectivity index (χ2n) is 5.01. The molecule has 2 saturated carbocycles. The minimum Gasteiger partial charge on any atom is -0.353 e. The van der Waals surface area contributed by atoms with E-state index in [1.807, 2.05) is 0 Å². The Labute approximate surface area is 80.1 Å². The van der Waals surface area contributed by atoms with Crippen molar-refractivity contribution in [2.45, 2.75) is 45.6 Å². The van der Waals surface area contributed by atoms with Crippen LogP contribution in [0.15, 0.2) is 0 Å². The van der Waals surface area contributed by atoms with Gasteiger partial charge in [-0.15, -0.1) is 0 Å². The van der Waals surface area contributed by atoms with Crippen molar-refractivity contribution in [1.29, 1.82) is 0 Å². The van der Waals surface area contributed by atoms with Crippen LogP contribution in [-0.2, 0) is 4.79 Å². The highest BCUT2D eigenvalue weighted by atomic mass is 16.1. The van der Waals surface area contributed by atoms with Crippen LogP contribution in [0.5, 0.6) is 0 Å². The van der Waals surface area contributed by atoms with E-state index in [1.54, 1.807) is 0 Å². The lowest BCUT2D eigenvalue weighted by Gasteiger charge is -2.14. The van der Waals surface area contributed by atoms with Gasteiger partial charge in [-0.05, 0) is 37.0 Å². The summed E-state index contributed by atoms with van der Waals surface area (Å²) in [6.45, 7) is 4.18. The Hall–Kier alpha value is -0.530. The molecule has 0 heterocycles. The van der Waals surface area contributed by atoms with Crippen molar-refractivity contribution in [2.75, 3.05) is 0 Å². The summed E-state index contributed by atoms with van der Waals surface area (Å²) in [7, 11) is 0. The van der Waals surface area contributed by atoms with Gasteiger partial charge in [-0.25, -0.2) is 0 Å². The Bertz CT molecular complexity index is 212. The number of carbonyl (C=O) groups excluding carboxylic acids is 1. The lowest BCUT2D eigenvalue weighted by Crippen LogP contribution is -2.35. The zero-order chi connectivity index (χ0) is 9.42. The molecular formula is C11H19NO. The van der Waals surface area contributed by atoms with Crippen LogP contribution in [-0.4, -0.2) is 11.9 Å². The topological polar surface area (TPSA) is 29.1 Å². The zero-order valence-electron chi connectivity index (χ0n) is 8.55. The Balaban J connectivity index is 1.74. The minimum atomic E-state index is 0.257. The number of rotatable bonds is 3. The van der Waals surface area contributed by atoms with Gasteiger partial charge < -0.3 is 5.32 Å². The molecule has 0 aliphatic heterocycles. The molecule has 3 unspecified atom stereocenters. The number of carbonyl (C=O) groups is 1. The number of fused-ring (bicyclic) bond motifs is 1. The number of amides is 1. The largest absolute Gasteiger partial charge is 0.353 e. The van der Waals surface area contributed by atoms with E-state index in [2.05, 4.69) is 19.2 Å². The molecule has 0 aromatic carbocycles. The molecule has 1 amide bonds. The Morgan fingerprint density at radius 1 is 1.46 bits per heavy atom. The molecule has 0 aromatic rings. The predicted molar refractivity (Wildman–Crippen MR) is 52.2 cm³/mol. The standard InChI is InChI=1S/C11H19NO/c1-7(2)5-11(13)12-10-4-3-8-6-9(8)10/h7-10H,3-6H2,1-2H3,(H,12,13). The van der Waals surface area contributed by atoms with Crippen LogP contribution in [0.4, 0.5) is 0 Å². The summed E-state index contributed by atoms with van der Waals surface area (Å²) in [5.74, 6) is 2.55. The van der Waals surface area contributed by atoms with Gasteiger partial charge in [0.15, 0.2) is 0 Å². The van der Waals surface area contributed by atoms with Gasteiger partial charge in [0.05, 0.1) is 0 Å². The molecule has 2 rings (SSSR count). The fraction of sp³-hybridized carbons (Fsp3) is 0.909. The molecule has 13 heavy (non-hydrogen) atoms. The van der Waals surface area contributed by atoms with Crippen molar-refractivity contribution in [1.82, 2.24) is 5.32 Å². The minimum absolute atomic E-state index is 0.257. The average Bonchev–Trinajstić information content (AvgIpc) is 2.68. The van der Waals surface area contributed by atoms with E-state index in [4.69, 9.17) is 0 Å². The summed E-state index contributed by atoms with van der Waals surface area (Å²) >= 11 is 0. The molecule has 2 nitrogen and oxygen atoms in total. The fourth-order valence-corrected chi connectivity index (χ4v) is 2.52. The van der Waals surface area contributed by atoms with E-state index >= 15 is 0 Å². The lowest BCUT2D eigenvalue weighted by molar-refractivity contribution is -0.122. The van der Waals surface area contributed by atoms with Gasteiger partial charge in [-0.2, -0.15) is 0 Å². The summed E-state index contributed by atoms with van der Waals surface area (Å²) in [5, 5.41) is 3.16. The highest BCUT2D eigenvalue weighted by molar-refractivity contribution is 5.76. The van der Waals surface area contributed by atoms with Crippen molar-refractivity contribution < 1.29 is 4.79 Å². The summed E-state index contributed by atoms with van der Waals surface area (Å²) < 4.78 is 0. The third-order valence-electron chi connectivity index (χ3n) is 3.28. The van der Waals surface area contributed by atoms with Gasteiger partial charge in [0.2, 0.25) is 5.91 Å². The first-order valence-electron chi connectivity index (χ1n) is 5.46. The van der Waals surface area contributed by atoms with Crippen LogP contribution in [0.25, 0.3) is 0 Å². The molecule has 0 saturated heterocycles. The highest BCUT2D eigenvalue weighted by Crippen LogP contribution is 2.51. The first kappa shape index (κ1) is 9.04. The molecule has 3 atom stereocenters. The van der Waals surface area contributed by atoms with Crippen LogP contribution in [0.2, 0.25) is 0 Å². The molecule has 0 radical (unpaired) electrons. The van der Waals surface area contributed by atoms with Gasteiger partial charge in [-0.3, -0.25) is 4.79 Å². The summed E-state index contributed by atoms with van der Waals surface area (Å²) in [6, 6.07) is 0.524. The normalized spacial score (nSPS) is 36.1. The molecular weight excluding hydrogens is 162 g/mol. The van der Waals surface area contributed by atoms with Gasteiger partial charge >= 0.3 is 0 Å². The smallest absolute Gasteiger partial charge is 0.220 e. The SMILES string of the molecule is CC(C)CC(=O)NC1CCC2CC21. The number of nitrogens with one attached hydrogen (secondary N) is 1.